The first-order valence-electron chi connectivity index (χ1n) is 6.45. The molecule has 1 aromatic rings. The number of nitrogens with one attached hydrogen (secondary N) is 3. The highest BCUT2D eigenvalue weighted by Gasteiger charge is 2.15. The lowest BCUT2D eigenvalue weighted by atomic mass is 10.3. The third-order valence-corrected chi connectivity index (χ3v) is 4.29. The number of aromatic amines is 1. The van der Waals surface area contributed by atoms with E-state index in [1.165, 1.54) is 4.31 Å². The van der Waals surface area contributed by atoms with E-state index >= 15 is 0 Å². The maximum absolute atomic E-state index is 11.9. The molecule has 0 atom stereocenters. The summed E-state index contributed by atoms with van der Waals surface area (Å²) >= 11 is 0. The zero-order chi connectivity index (χ0) is 14.1. The summed E-state index contributed by atoms with van der Waals surface area (Å²) in [5.74, 6) is 0. The van der Waals surface area contributed by atoms with Gasteiger partial charge in [0, 0.05) is 38.4 Å². The van der Waals surface area contributed by atoms with E-state index in [1.54, 1.807) is 19.6 Å². The first-order chi connectivity index (χ1) is 9.06. The molecule has 0 unspecified atom stereocenters. The quantitative estimate of drug-likeness (QED) is 0.517. The standard InChI is InChI=1S/C11H23N5O2S/c1-3-12-6-4-8-16(2)19(17,18)15-7-5-11-9-13-10-14-11/h9-10,12,15H,3-8H2,1-2H3,(H,13,14). The van der Waals surface area contributed by atoms with Crippen molar-refractivity contribution in [1.82, 2.24) is 24.3 Å². The summed E-state index contributed by atoms with van der Waals surface area (Å²) in [5, 5.41) is 3.16. The third kappa shape index (κ3) is 6.15. The van der Waals surface area contributed by atoms with Crippen LogP contribution in [0.1, 0.15) is 19.0 Å². The van der Waals surface area contributed by atoms with Crippen molar-refractivity contribution in [3.05, 3.63) is 18.2 Å². The van der Waals surface area contributed by atoms with Crippen LogP contribution in [0.2, 0.25) is 0 Å². The van der Waals surface area contributed by atoms with Crippen LogP contribution >= 0.6 is 0 Å². The van der Waals surface area contributed by atoms with Crippen LogP contribution < -0.4 is 10.0 Å². The van der Waals surface area contributed by atoms with Gasteiger partial charge in [-0.2, -0.15) is 12.7 Å². The van der Waals surface area contributed by atoms with E-state index < -0.39 is 10.2 Å². The van der Waals surface area contributed by atoms with Crippen LogP contribution in [-0.4, -0.2) is 55.9 Å². The topological polar surface area (TPSA) is 90.1 Å². The van der Waals surface area contributed by atoms with E-state index in [2.05, 4.69) is 20.0 Å². The summed E-state index contributed by atoms with van der Waals surface area (Å²) in [4.78, 5) is 6.81. The Kier molecular flexibility index (Phi) is 7.00. The second kappa shape index (κ2) is 8.26. The van der Waals surface area contributed by atoms with Crippen LogP contribution in [0.15, 0.2) is 12.5 Å². The molecule has 1 rings (SSSR count). The molecule has 0 saturated carbocycles. The molecular formula is C11H23N5O2S. The Morgan fingerprint density at radius 1 is 1.42 bits per heavy atom. The van der Waals surface area contributed by atoms with Crippen molar-refractivity contribution in [3.63, 3.8) is 0 Å². The summed E-state index contributed by atoms with van der Waals surface area (Å²) in [5.41, 5.74) is 0.914. The number of hydrogen-bond donors (Lipinski definition) is 3. The van der Waals surface area contributed by atoms with Gasteiger partial charge in [0.15, 0.2) is 0 Å². The predicted molar refractivity (Wildman–Crippen MR) is 75.0 cm³/mol. The number of hydrogen-bond acceptors (Lipinski definition) is 4. The summed E-state index contributed by atoms with van der Waals surface area (Å²) in [7, 11) is -1.79. The van der Waals surface area contributed by atoms with Gasteiger partial charge in [0.25, 0.3) is 10.2 Å². The highest BCUT2D eigenvalue weighted by Crippen LogP contribution is 1.97. The molecule has 1 heterocycles. The summed E-state index contributed by atoms with van der Waals surface area (Å²) in [6, 6.07) is 0. The monoisotopic (exact) mass is 289 g/mol. The third-order valence-electron chi connectivity index (χ3n) is 2.72. The fourth-order valence-corrected chi connectivity index (χ4v) is 2.52. The molecule has 0 aliphatic rings. The van der Waals surface area contributed by atoms with Crippen molar-refractivity contribution in [2.24, 2.45) is 0 Å². The molecule has 0 aromatic carbocycles. The van der Waals surface area contributed by atoms with Crippen molar-refractivity contribution < 1.29 is 8.42 Å². The Morgan fingerprint density at radius 2 is 2.21 bits per heavy atom. The molecule has 19 heavy (non-hydrogen) atoms. The molecule has 0 amide bonds. The number of nitrogens with zero attached hydrogens (tertiary/aromatic N) is 2. The van der Waals surface area contributed by atoms with Crippen LogP contribution in [0.4, 0.5) is 0 Å². The molecule has 0 aliphatic heterocycles. The largest absolute Gasteiger partial charge is 0.348 e. The lowest BCUT2D eigenvalue weighted by molar-refractivity contribution is 0.446. The zero-order valence-electron chi connectivity index (χ0n) is 11.5. The Labute approximate surface area is 115 Å². The zero-order valence-corrected chi connectivity index (χ0v) is 12.3. The van der Waals surface area contributed by atoms with Gasteiger partial charge in [-0.25, -0.2) is 9.71 Å². The van der Waals surface area contributed by atoms with Gasteiger partial charge in [-0.1, -0.05) is 6.92 Å². The van der Waals surface area contributed by atoms with Gasteiger partial charge in [0.2, 0.25) is 0 Å². The van der Waals surface area contributed by atoms with E-state index in [-0.39, 0.29) is 0 Å². The average molecular weight is 289 g/mol. The minimum Gasteiger partial charge on any atom is -0.348 e. The lowest BCUT2D eigenvalue weighted by Gasteiger charge is -2.17. The van der Waals surface area contributed by atoms with Gasteiger partial charge in [-0.3, -0.25) is 0 Å². The number of H-pyrrole nitrogens is 1. The fourth-order valence-electron chi connectivity index (χ4n) is 1.57. The first kappa shape index (κ1) is 16.1. The predicted octanol–water partition coefficient (Wildman–Crippen LogP) is -0.282. The highest BCUT2D eigenvalue weighted by molar-refractivity contribution is 7.87. The van der Waals surface area contributed by atoms with Crippen molar-refractivity contribution in [2.45, 2.75) is 19.8 Å². The SMILES string of the molecule is CCNCCCN(C)S(=O)(=O)NCCc1cnc[nH]1. The van der Waals surface area contributed by atoms with E-state index in [0.29, 0.717) is 19.5 Å². The Bertz CT molecular complexity index is 432. The molecule has 3 N–H and O–H groups in total. The van der Waals surface area contributed by atoms with E-state index in [0.717, 1.165) is 25.2 Å². The summed E-state index contributed by atoms with van der Waals surface area (Å²) < 4.78 is 27.7. The molecule has 7 nitrogen and oxygen atoms in total. The molecule has 110 valence electrons. The van der Waals surface area contributed by atoms with Crippen LogP contribution in [0.3, 0.4) is 0 Å². The van der Waals surface area contributed by atoms with Crippen molar-refractivity contribution in [1.29, 1.82) is 0 Å². The normalized spacial score (nSPS) is 12.2. The van der Waals surface area contributed by atoms with E-state index in [4.69, 9.17) is 0 Å². The summed E-state index contributed by atoms with van der Waals surface area (Å²) in [6.45, 7) is 4.62. The molecule has 0 fully saturated rings. The van der Waals surface area contributed by atoms with Crippen LogP contribution in [0.25, 0.3) is 0 Å². The summed E-state index contributed by atoms with van der Waals surface area (Å²) in [6.07, 6.45) is 4.67. The van der Waals surface area contributed by atoms with Gasteiger partial charge in [-0.05, 0) is 19.5 Å². The fraction of sp³-hybridized carbons (Fsp3) is 0.727. The van der Waals surface area contributed by atoms with Crippen molar-refractivity contribution >= 4 is 10.2 Å². The average Bonchev–Trinajstić information content (AvgIpc) is 2.87. The maximum Gasteiger partial charge on any atom is 0.279 e. The Morgan fingerprint density at radius 3 is 2.84 bits per heavy atom. The Hall–Kier alpha value is -0.960. The maximum atomic E-state index is 11.9. The van der Waals surface area contributed by atoms with E-state index in [1.807, 2.05) is 6.92 Å². The van der Waals surface area contributed by atoms with Gasteiger partial charge >= 0.3 is 0 Å². The molecule has 0 saturated heterocycles. The van der Waals surface area contributed by atoms with Crippen molar-refractivity contribution in [3.8, 4) is 0 Å². The van der Waals surface area contributed by atoms with E-state index in [9.17, 15) is 8.42 Å². The number of rotatable bonds is 10. The molecular weight excluding hydrogens is 266 g/mol. The lowest BCUT2D eigenvalue weighted by Crippen LogP contribution is -2.40. The van der Waals surface area contributed by atoms with Crippen LogP contribution in [0, 0.1) is 0 Å². The van der Waals surface area contributed by atoms with Gasteiger partial charge in [0.05, 0.1) is 6.33 Å². The molecule has 1 aromatic heterocycles. The smallest absolute Gasteiger partial charge is 0.279 e. The van der Waals surface area contributed by atoms with Crippen LogP contribution in [0.5, 0.6) is 0 Å². The second-order valence-corrected chi connectivity index (χ2v) is 6.12. The number of aromatic nitrogens is 2. The van der Waals surface area contributed by atoms with Gasteiger partial charge < -0.3 is 10.3 Å². The molecule has 0 spiro atoms. The second-order valence-electron chi connectivity index (χ2n) is 4.25. The Balaban J connectivity index is 2.25. The van der Waals surface area contributed by atoms with Gasteiger partial charge in [0.1, 0.15) is 0 Å². The minimum atomic E-state index is -3.38. The first-order valence-corrected chi connectivity index (χ1v) is 7.89. The molecule has 0 bridgehead atoms. The minimum absolute atomic E-state index is 0.363. The molecule has 8 heteroatoms. The van der Waals surface area contributed by atoms with Crippen molar-refractivity contribution in [2.75, 3.05) is 33.2 Å². The molecule has 0 aliphatic carbocycles. The molecule has 0 radical (unpaired) electrons. The number of imidazole rings is 1. The van der Waals surface area contributed by atoms with Crippen LogP contribution in [-0.2, 0) is 16.6 Å². The highest BCUT2D eigenvalue weighted by atomic mass is 32.2. The van der Waals surface area contributed by atoms with Gasteiger partial charge in [-0.15, -0.1) is 0 Å².